The molecule has 2 radical (unpaired) electrons. The van der Waals surface area contributed by atoms with Gasteiger partial charge in [0.2, 0.25) is 0 Å². The first-order chi connectivity index (χ1) is 8.04. The molecule has 7 heteroatoms. The smallest absolute Gasteiger partial charge is 0.146 e. The maximum atomic E-state index is 14.2. The summed E-state index contributed by atoms with van der Waals surface area (Å²) in [4.78, 5) is 0. The number of rotatable bonds is 7. The van der Waals surface area contributed by atoms with Crippen LogP contribution >= 0.6 is 19.3 Å². The molecule has 98 valence electrons. The molecule has 0 aromatic rings. The monoisotopic (exact) mass is 280 g/mol. The molecule has 4 atom stereocenters. The summed E-state index contributed by atoms with van der Waals surface area (Å²) in [6.07, 6.45) is -0.395. The molecule has 0 aromatic heterocycles. The fraction of sp³-hybridized carbons (Fsp3) is 1.00. The Kier molecular flexibility index (Phi) is 6.74. The fourth-order valence-electron chi connectivity index (χ4n) is 2.22. The van der Waals surface area contributed by atoms with Crippen LogP contribution in [0.15, 0.2) is 0 Å². The lowest BCUT2D eigenvalue weighted by molar-refractivity contribution is -0.107. The minimum atomic E-state index is -0.925. The van der Waals surface area contributed by atoms with Crippen molar-refractivity contribution in [1.29, 1.82) is 0 Å². The van der Waals surface area contributed by atoms with Gasteiger partial charge in [-0.25, -0.2) is 4.39 Å². The van der Waals surface area contributed by atoms with E-state index in [1.165, 1.54) is 11.7 Å². The van der Waals surface area contributed by atoms with Crippen LogP contribution in [0.1, 0.15) is 20.3 Å². The van der Waals surface area contributed by atoms with Crippen LogP contribution in [0.25, 0.3) is 0 Å². The number of hydrogen-bond donors (Lipinski definition) is 0. The van der Waals surface area contributed by atoms with E-state index >= 15 is 0 Å². The molecule has 1 rings (SSSR count). The molecule has 0 bridgehead atoms. The molecule has 3 nitrogen and oxygen atoms in total. The highest BCUT2D eigenvalue weighted by atomic mass is 32.7. The molecular weight excluding hydrogens is 261 g/mol. The van der Waals surface area contributed by atoms with Crippen LogP contribution in [-0.4, -0.2) is 40.4 Å². The molecule has 1 aliphatic rings. The molecule has 0 amide bonds. The van der Waals surface area contributed by atoms with Crippen molar-refractivity contribution in [2.45, 2.75) is 32.5 Å². The Morgan fingerprint density at radius 1 is 1.53 bits per heavy atom. The maximum Gasteiger partial charge on any atom is 0.146 e. The van der Waals surface area contributed by atoms with Crippen LogP contribution in [0.2, 0.25) is 0 Å². The molecule has 17 heavy (non-hydrogen) atoms. The van der Waals surface area contributed by atoms with Gasteiger partial charge < -0.3 is 13.7 Å². The fourth-order valence-corrected chi connectivity index (χ4v) is 2.94. The Morgan fingerprint density at radius 2 is 2.24 bits per heavy atom. The number of halogens is 1. The molecule has 0 N–H and O–H groups in total. The van der Waals surface area contributed by atoms with Crippen molar-refractivity contribution < 1.29 is 18.0 Å². The third-order valence-corrected chi connectivity index (χ3v) is 4.24. The van der Waals surface area contributed by atoms with Gasteiger partial charge in [-0.05, 0) is 6.42 Å². The summed E-state index contributed by atoms with van der Waals surface area (Å²) in [5.41, 5.74) is -0.498. The van der Waals surface area contributed by atoms with Gasteiger partial charge in [-0.1, -0.05) is 21.5 Å². The minimum absolute atomic E-state index is 0.128. The van der Waals surface area contributed by atoms with Crippen LogP contribution in [0.4, 0.5) is 4.39 Å². The summed E-state index contributed by atoms with van der Waals surface area (Å²) in [7, 11) is 7.06. The van der Waals surface area contributed by atoms with Gasteiger partial charge in [-0.15, -0.1) is 0 Å². The quantitative estimate of drug-likeness (QED) is 0.236. The van der Waals surface area contributed by atoms with E-state index in [0.717, 1.165) is 0 Å². The molecule has 0 saturated heterocycles. The predicted octanol–water partition coefficient (Wildman–Crippen LogP) is 2.70. The van der Waals surface area contributed by atoms with Crippen LogP contribution in [0.3, 0.4) is 0 Å². The number of methoxy groups -OCH3 is 1. The Bertz CT molecular complexity index is 236. The van der Waals surface area contributed by atoms with Gasteiger partial charge in [-0.3, -0.25) is 0 Å². The zero-order chi connectivity index (χ0) is 12.9. The zero-order valence-electron chi connectivity index (χ0n) is 10.4. The minimum Gasteiger partial charge on any atom is -0.359 e. The lowest BCUT2D eigenvalue weighted by atomic mass is 9.87. The molecular formula is C10H19BFO3PS. The summed E-state index contributed by atoms with van der Waals surface area (Å²) in [6.45, 7) is 4.35. The van der Waals surface area contributed by atoms with Crippen LogP contribution in [-0.2, 0) is 13.7 Å². The molecule has 1 saturated carbocycles. The van der Waals surface area contributed by atoms with Crippen molar-refractivity contribution in [3.63, 3.8) is 0 Å². The summed E-state index contributed by atoms with van der Waals surface area (Å²) >= 11 is 1.19. The van der Waals surface area contributed by atoms with Gasteiger partial charge in [-0.2, -0.15) is 0 Å². The Hall–Kier alpha value is 0.655. The Morgan fingerprint density at radius 3 is 2.82 bits per heavy atom. The standard InChI is InChI=1S/C10H19BFO3PS/c1-10(2)8(14-6-13-3)4-7(9(10)12)5-15-17-16-11/h7-9,16H,4-6H2,1-3H3. The molecule has 4 unspecified atom stereocenters. The van der Waals surface area contributed by atoms with Gasteiger partial charge in [0, 0.05) is 30.1 Å². The highest BCUT2D eigenvalue weighted by molar-refractivity contribution is 8.53. The molecule has 0 heterocycles. The zero-order valence-corrected chi connectivity index (χ0v) is 12.3. The van der Waals surface area contributed by atoms with Crippen LogP contribution < -0.4 is 0 Å². The third kappa shape index (κ3) is 4.07. The predicted molar refractivity (Wildman–Crippen MR) is 71.1 cm³/mol. The summed E-state index contributed by atoms with van der Waals surface area (Å²) in [5.74, 6) is -0.129. The van der Waals surface area contributed by atoms with Crippen molar-refractivity contribution in [3.8, 4) is 0 Å². The van der Waals surface area contributed by atoms with Crippen molar-refractivity contribution in [2.24, 2.45) is 11.3 Å². The largest absolute Gasteiger partial charge is 0.359 e. The van der Waals surface area contributed by atoms with E-state index in [1.54, 1.807) is 7.11 Å². The number of alkyl halides is 1. The number of ether oxygens (including phenoxy) is 2. The first-order valence-electron chi connectivity index (χ1n) is 5.52. The van der Waals surface area contributed by atoms with Crippen LogP contribution in [0, 0.1) is 11.3 Å². The van der Waals surface area contributed by atoms with Gasteiger partial charge in [0.15, 0.2) is 0 Å². The Labute approximate surface area is 110 Å². The second-order valence-electron chi connectivity index (χ2n) is 4.77. The topological polar surface area (TPSA) is 27.7 Å². The number of hydrogen-bond acceptors (Lipinski definition) is 4. The molecule has 0 aromatic carbocycles. The Balaban J connectivity index is 2.48. The molecule has 0 spiro atoms. The van der Waals surface area contributed by atoms with E-state index in [0.29, 0.717) is 13.0 Å². The van der Waals surface area contributed by atoms with E-state index in [9.17, 15) is 4.39 Å². The first kappa shape index (κ1) is 15.7. The lowest BCUT2D eigenvalue weighted by Gasteiger charge is -2.28. The third-order valence-electron chi connectivity index (χ3n) is 3.25. The second-order valence-corrected chi connectivity index (χ2v) is 6.61. The average molecular weight is 280 g/mol. The molecule has 1 fully saturated rings. The SMILES string of the molecule is [B]PSOCC1CC(OCOC)C(C)(C)C1F. The van der Waals surface area contributed by atoms with Gasteiger partial charge in [0.05, 0.1) is 12.7 Å². The lowest BCUT2D eigenvalue weighted by Crippen LogP contribution is -2.34. The summed E-state index contributed by atoms with van der Waals surface area (Å²) < 4.78 is 29.9. The van der Waals surface area contributed by atoms with E-state index in [1.807, 2.05) is 13.8 Å². The van der Waals surface area contributed by atoms with Gasteiger partial charge in [0.1, 0.15) is 20.5 Å². The van der Waals surface area contributed by atoms with Crippen molar-refractivity contribution in [2.75, 3.05) is 20.5 Å². The first-order valence-corrected chi connectivity index (χ1v) is 8.07. The normalized spacial score (nSPS) is 32.6. The van der Waals surface area contributed by atoms with E-state index in [2.05, 4.69) is 0 Å². The van der Waals surface area contributed by atoms with Crippen molar-refractivity contribution >= 4 is 26.9 Å². The van der Waals surface area contributed by atoms with E-state index in [4.69, 9.17) is 21.2 Å². The molecule has 1 aliphatic carbocycles. The van der Waals surface area contributed by atoms with Gasteiger partial charge >= 0.3 is 0 Å². The summed E-state index contributed by atoms with van der Waals surface area (Å²) in [6, 6.07) is 0. The van der Waals surface area contributed by atoms with E-state index < -0.39 is 11.6 Å². The maximum absolute atomic E-state index is 14.2. The van der Waals surface area contributed by atoms with Crippen LogP contribution in [0.5, 0.6) is 0 Å². The van der Waals surface area contributed by atoms with E-state index in [-0.39, 0.29) is 26.5 Å². The van der Waals surface area contributed by atoms with Crippen molar-refractivity contribution in [3.05, 3.63) is 0 Å². The average Bonchev–Trinajstić information content (AvgIpc) is 2.50. The second kappa shape index (κ2) is 7.29. The summed E-state index contributed by atoms with van der Waals surface area (Å²) in [5, 5.41) is 0. The van der Waals surface area contributed by atoms with Gasteiger partial charge in [0.25, 0.3) is 0 Å². The highest BCUT2D eigenvalue weighted by Crippen LogP contribution is 2.46. The van der Waals surface area contributed by atoms with Crippen molar-refractivity contribution in [1.82, 2.24) is 0 Å². The highest BCUT2D eigenvalue weighted by Gasteiger charge is 2.50. The molecule has 0 aliphatic heterocycles.